The van der Waals surface area contributed by atoms with Crippen LogP contribution in [0.15, 0.2) is 24.3 Å². The highest BCUT2D eigenvalue weighted by Gasteiger charge is 2.05. The zero-order chi connectivity index (χ0) is 12.0. The fourth-order valence-corrected chi connectivity index (χ4v) is 0.956. The Kier molecular flexibility index (Phi) is 4.22. The minimum atomic E-state index is -0.640. The Morgan fingerprint density at radius 2 is 2.19 bits per heavy atom. The van der Waals surface area contributed by atoms with Gasteiger partial charge in [-0.25, -0.2) is 4.39 Å². The van der Waals surface area contributed by atoms with Gasteiger partial charge in [0.05, 0.1) is 7.11 Å². The first kappa shape index (κ1) is 11.9. The highest BCUT2D eigenvalue weighted by atomic mass is 19.1. The average Bonchev–Trinajstić information content (AvgIpc) is 2.26. The van der Waals surface area contributed by atoms with Crippen LogP contribution < -0.4 is 0 Å². The molecule has 0 saturated heterocycles. The summed E-state index contributed by atoms with van der Waals surface area (Å²) in [5.41, 5.74) is 0.387. The number of benzene rings is 1. The van der Waals surface area contributed by atoms with Crippen LogP contribution >= 0.6 is 0 Å². The minimum Gasteiger partial charge on any atom is -0.469 e. The Balaban J connectivity index is 2.67. The third kappa shape index (κ3) is 3.93. The molecule has 0 aliphatic rings. The van der Waals surface area contributed by atoms with Crippen LogP contribution in [0, 0.1) is 17.7 Å². The first-order valence-corrected chi connectivity index (χ1v) is 4.49. The molecule has 1 rings (SSSR count). The van der Waals surface area contributed by atoms with E-state index in [4.69, 9.17) is 0 Å². The number of methoxy groups -OCH3 is 1. The quantitative estimate of drug-likeness (QED) is 0.429. The van der Waals surface area contributed by atoms with E-state index < -0.39 is 24.0 Å². The number of esters is 1. The van der Waals surface area contributed by atoms with Gasteiger partial charge >= 0.3 is 5.97 Å². The molecule has 1 aromatic carbocycles. The lowest BCUT2D eigenvalue weighted by Crippen LogP contribution is -2.06. The lowest BCUT2D eigenvalue weighted by Gasteiger charge is -1.92. The summed E-state index contributed by atoms with van der Waals surface area (Å²) >= 11 is 0. The smallest absolute Gasteiger partial charge is 0.314 e. The maximum Gasteiger partial charge on any atom is 0.314 e. The van der Waals surface area contributed by atoms with Crippen LogP contribution in [0.3, 0.4) is 0 Å². The molecule has 3 nitrogen and oxygen atoms in total. The summed E-state index contributed by atoms with van der Waals surface area (Å²) < 4.78 is 17.0. The monoisotopic (exact) mass is 220 g/mol. The Morgan fingerprint density at radius 1 is 1.44 bits per heavy atom. The maximum absolute atomic E-state index is 12.7. The molecule has 1 aromatic rings. The highest BCUT2D eigenvalue weighted by Crippen LogP contribution is 2.01. The molecule has 0 heterocycles. The molecule has 0 fully saturated rings. The molecule has 0 amide bonds. The van der Waals surface area contributed by atoms with Crippen LogP contribution in [0.4, 0.5) is 4.39 Å². The van der Waals surface area contributed by atoms with Crippen molar-refractivity contribution in [3.8, 4) is 11.8 Å². The second-order valence-corrected chi connectivity index (χ2v) is 2.94. The highest BCUT2D eigenvalue weighted by molar-refractivity contribution is 6.05. The van der Waals surface area contributed by atoms with E-state index in [1.807, 2.05) is 0 Å². The normalized spacial score (nSPS) is 8.88. The predicted octanol–water partition coefficient (Wildman–Crippen LogP) is 1.31. The van der Waals surface area contributed by atoms with Gasteiger partial charge in [-0.2, -0.15) is 0 Å². The number of carbonyl (C=O) groups excluding carboxylic acids is 2. The number of carbonyl (C=O) groups is 2. The second kappa shape index (κ2) is 5.66. The summed E-state index contributed by atoms with van der Waals surface area (Å²) in [6.45, 7) is 0. The van der Waals surface area contributed by atoms with Crippen molar-refractivity contribution in [2.75, 3.05) is 7.11 Å². The van der Waals surface area contributed by atoms with E-state index in [1.165, 1.54) is 25.3 Å². The van der Waals surface area contributed by atoms with Gasteiger partial charge in [0.15, 0.2) is 0 Å². The first-order valence-electron chi connectivity index (χ1n) is 4.49. The summed E-state index contributed by atoms with van der Waals surface area (Å²) in [5.74, 6) is 3.08. The van der Waals surface area contributed by atoms with E-state index >= 15 is 0 Å². The van der Waals surface area contributed by atoms with Crippen molar-refractivity contribution in [3.05, 3.63) is 35.6 Å². The zero-order valence-electron chi connectivity index (χ0n) is 8.62. The van der Waals surface area contributed by atoms with Gasteiger partial charge in [-0.05, 0) is 24.1 Å². The van der Waals surface area contributed by atoms with Gasteiger partial charge in [0.25, 0.3) is 0 Å². The molecule has 0 radical (unpaired) electrons. The summed E-state index contributed by atoms with van der Waals surface area (Å²) in [4.78, 5) is 21.8. The van der Waals surface area contributed by atoms with Gasteiger partial charge in [-0.3, -0.25) is 9.59 Å². The fraction of sp³-hybridized carbons (Fsp3) is 0.167. The lowest BCUT2D eigenvalue weighted by atomic mass is 10.2. The van der Waals surface area contributed by atoms with Gasteiger partial charge in [0, 0.05) is 5.56 Å². The minimum absolute atomic E-state index is 0.387. The van der Waals surface area contributed by atoms with Crippen LogP contribution in [0.2, 0.25) is 0 Å². The molecule has 82 valence electrons. The molecule has 0 unspecified atom stereocenters. The van der Waals surface area contributed by atoms with Crippen molar-refractivity contribution in [3.63, 3.8) is 0 Å². The van der Waals surface area contributed by atoms with Crippen molar-refractivity contribution >= 4 is 11.8 Å². The molecule has 0 aliphatic carbocycles. The van der Waals surface area contributed by atoms with Crippen LogP contribution in [0.1, 0.15) is 12.0 Å². The zero-order valence-corrected chi connectivity index (χ0v) is 8.62. The van der Waals surface area contributed by atoms with Crippen molar-refractivity contribution in [1.29, 1.82) is 0 Å². The number of halogens is 1. The molecule has 0 spiro atoms. The number of ketones is 1. The third-order valence-corrected chi connectivity index (χ3v) is 1.70. The lowest BCUT2D eigenvalue weighted by molar-refractivity contribution is -0.142. The molecule has 0 bridgehead atoms. The van der Waals surface area contributed by atoms with Crippen LogP contribution in [0.5, 0.6) is 0 Å². The van der Waals surface area contributed by atoms with Crippen molar-refractivity contribution in [2.45, 2.75) is 6.42 Å². The summed E-state index contributed by atoms with van der Waals surface area (Å²) in [5, 5.41) is 0. The standard InChI is InChI=1S/C12H9FO3/c1-16-12(15)8-11(14)6-5-9-3-2-4-10(13)7-9/h2-4,7H,8H2,1H3. The number of ether oxygens (including phenoxy) is 1. The van der Waals surface area contributed by atoms with Crippen molar-refractivity contribution in [1.82, 2.24) is 0 Å². The van der Waals surface area contributed by atoms with E-state index in [0.717, 1.165) is 0 Å². The Morgan fingerprint density at radius 3 is 2.81 bits per heavy atom. The number of rotatable bonds is 2. The van der Waals surface area contributed by atoms with Crippen molar-refractivity contribution < 1.29 is 18.7 Å². The topological polar surface area (TPSA) is 43.4 Å². The summed E-state index contributed by atoms with van der Waals surface area (Å²) in [6, 6.07) is 5.55. The first-order chi connectivity index (χ1) is 7.61. The van der Waals surface area contributed by atoms with E-state index in [-0.39, 0.29) is 0 Å². The Hall–Kier alpha value is -2.15. The van der Waals surface area contributed by atoms with Gasteiger partial charge in [0.1, 0.15) is 12.2 Å². The van der Waals surface area contributed by atoms with Gasteiger partial charge in [-0.1, -0.05) is 12.0 Å². The second-order valence-electron chi connectivity index (χ2n) is 2.94. The molecule has 0 atom stereocenters. The van der Waals surface area contributed by atoms with E-state index in [0.29, 0.717) is 5.56 Å². The molecule has 0 aromatic heterocycles. The molecule has 0 N–H and O–H groups in total. The fourth-order valence-electron chi connectivity index (χ4n) is 0.956. The van der Waals surface area contributed by atoms with E-state index in [9.17, 15) is 14.0 Å². The van der Waals surface area contributed by atoms with Gasteiger partial charge < -0.3 is 4.74 Å². The SMILES string of the molecule is COC(=O)CC(=O)C#Cc1cccc(F)c1. The van der Waals surface area contributed by atoms with E-state index in [2.05, 4.69) is 16.6 Å². The van der Waals surface area contributed by atoms with Gasteiger partial charge in [0.2, 0.25) is 5.78 Å². The van der Waals surface area contributed by atoms with Crippen LogP contribution in [-0.2, 0) is 14.3 Å². The van der Waals surface area contributed by atoms with Crippen LogP contribution in [0.25, 0.3) is 0 Å². The van der Waals surface area contributed by atoms with Crippen molar-refractivity contribution in [2.24, 2.45) is 0 Å². The summed E-state index contributed by atoms with van der Waals surface area (Å²) in [6.07, 6.45) is -0.390. The predicted molar refractivity (Wildman–Crippen MR) is 54.9 cm³/mol. The van der Waals surface area contributed by atoms with Crippen LogP contribution in [-0.4, -0.2) is 18.9 Å². The average molecular weight is 220 g/mol. The molecule has 0 saturated carbocycles. The number of hydrogen-bond acceptors (Lipinski definition) is 3. The molecular formula is C12H9FO3. The molecule has 4 heteroatoms. The number of hydrogen-bond donors (Lipinski definition) is 0. The Labute approximate surface area is 92.2 Å². The molecule has 0 aliphatic heterocycles. The number of Topliss-reactive ketones (excluding diaryl/α,β-unsaturated/α-hetero) is 1. The van der Waals surface area contributed by atoms with Gasteiger partial charge in [-0.15, -0.1) is 0 Å². The molecular weight excluding hydrogens is 211 g/mol. The summed E-state index contributed by atoms with van der Waals surface area (Å²) in [7, 11) is 1.19. The Bertz CT molecular complexity index is 469. The van der Waals surface area contributed by atoms with E-state index in [1.54, 1.807) is 6.07 Å². The third-order valence-electron chi connectivity index (χ3n) is 1.70. The maximum atomic E-state index is 12.7. The largest absolute Gasteiger partial charge is 0.469 e. The molecule has 16 heavy (non-hydrogen) atoms.